The lowest BCUT2D eigenvalue weighted by Crippen LogP contribution is -2.22. The molecule has 1 aromatic heterocycles. The zero-order valence-corrected chi connectivity index (χ0v) is 17.7. The monoisotopic (exact) mass is 429 g/mol. The Morgan fingerprint density at radius 1 is 1.00 bits per heavy atom. The third kappa shape index (κ3) is 4.42. The molecule has 0 atom stereocenters. The molecule has 0 unspecified atom stereocenters. The van der Waals surface area contributed by atoms with Gasteiger partial charge in [0.2, 0.25) is 10.0 Å². The summed E-state index contributed by atoms with van der Waals surface area (Å²) < 4.78 is 25.4. The fraction of sp³-hybridized carbons (Fsp3) is 0.150. The molecule has 29 heavy (non-hydrogen) atoms. The summed E-state index contributed by atoms with van der Waals surface area (Å²) in [7, 11) is -0.687. The number of carbonyl (C=O) groups is 2. The van der Waals surface area contributed by atoms with Crippen molar-refractivity contribution in [2.45, 2.75) is 11.8 Å². The lowest BCUT2D eigenvalue weighted by molar-refractivity contribution is 0.101. The van der Waals surface area contributed by atoms with E-state index < -0.39 is 15.9 Å². The zero-order chi connectivity index (χ0) is 21.2. The first-order chi connectivity index (χ1) is 13.7. The van der Waals surface area contributed by atoms with Crippen molar-refractivity contribution in [3.05, 3.63) is 65.0 Å². The van der Waals surface area contributed by atoms with Crippen molar-refractivity contribution in [2.24, 2.45) is 0 Å². The molecular weight excluding hydrogens is 410 g/mol. The van der Waals surface area contributed by atoms with Gasteiger partial charge in [0.15, 0.2) is 10.9 Å². The summed E-state index contributed by atoms with van der Waals surface area (Å²) in [5.41, 5.74) is 1.59. The van der Waals surface area contributed by atoms with Crippen LogP contribution in [0.4, 0.5) is 5.13 Å². The first-order valence-corrected chi connectivity index (χ1v) is 10.9. The summed E-state index contributed by atoms with van der Waals surface area (Å²) in [5, 5.41) is 2.98. The first kappa shape index (κ1) is 20.8. The smallest absolute Gasteiger partial charge is 0.257 e. The average Bonchev–Trinajstić information content (AvgIpc) is 3.12. The Morgan fingerprint density at radius 3 is 2.17 bits per heavy atom. The molecule has 1 amide bonds. The molecule has 0 aliphatic heterocycles. The molecule has 3 rings (SSSR count). The number of hydrogen-bond donors (Lipinski definition) is 1. The van der Waals surface area contributed by atoms with E-state index in [2.05, 4.69) is 10.3 Å². The summed E-state index contributed by atoms with van der Waals surface area (Å²) >= 11 is 1.10. The van der Waals surface area contributed by atoms with Crippen LogP contribution in [0, 0.1) is 0 Å². The highest BCUT2D eigenvalue weighted by molar-refractivity contribution is 7.89. The number of carbonyl (C=O) groups excluding carboxylic acids is 2. The van der Waals surface area contributed by atoms with Crippen molar-refractivity contribution in [1.82, 2.24) is 9.29 Å². The molecule has 0 saturated heterocycles. The van der Waals surface area contributed by atoms with Gasteiger partial charge in [-0.2, -0.15) is 0 Å². The van der Waals surface area contributed by atoms with Crippen LogP contribution in [-0.2, 0) is 10.0 Å². The first-order valence-electron chi connectivity index (χ1n) is 8.61. The molecule has 1 heterocycles. The van der Waals surface area contributed by atoms with Crippen LogP contribution in [0.15, 0.2) is 59.5 Å². The minimum Gasteiger partial charge on any atom is -0.298 e. The van der Waals surface area contributed by atoms with Gasteiger partial charge in [0, 0.05) is 32.1 Å². The van der Waals surface area contributed by atoms with Crippen LogP contribution in [0.25, 0.3) is 11.3 Å². The fourth-order valence-electron chi connectivity index (χ4n) is 2.56. The van der Waals surface area contributed by atoms with Gasteiger partial charge in [-0.05, 0) is 24.3 Å². The molecule has 0 aliphatic carbocycles. The quantitative estimate of drug-likeness (QED) is 0.605. The maximum absolute atomic E-state index is 12.5. The van der Waals surface area contributed by atoms with Crippen molar-refractivity contribution in [3.63, 3.8) is 0 Å². The van der Waals surface area contributed by atoms with E-state index in [1.807, 2.05) is 30.3 Å². The normalized spacial score (nSPS) is 11.4. The Balaban J connectivity index is 1.85. The molecule has 0 aliphatic rings. The maximum Gasteiger partial charge on any atom is 0.257 e. The SMILES string of the molecule is CC(=O)c1sc(NC(=O)c2ccc(S(=O)(=O)N(C)C)cc2)nc1-c1ccccc1. The molecule has 150 valence electrons. The highest BCUT2D eigenvalue weighted by atomic mass is 32.2. The van der Waals surface area contributed by atoms with Gasteiger partial charge in [0.05, 0.1) is 15.5 Å². The second-order valence-corrected chi connectivity index (χ2v) is 9.54. The largest absolute Gasteiger partial charge is 0.298 e. The molecular formula is C20H19N3O4S2. The van der Waals surface area contributed by atoms with Crippen LogP contribution < -0.4 is 5.32 Å². The van der Waals surface area contributed by atoms with Crippen LogP contribution in [0.2, 0.25) is 0 Å². The van der Waals surface area contributed by atoms with E-state index in [0.29, 0.717) is 15.7 Å². The number of hydrogen-bond acceptors (Lipinski definition) is 6. The minimum atomic E-state index is -3.57. The highest BCUT2D eigenvalue weighted by Crippen LogP contribution is 2.31. The molecule has 3 aromatic rings. The van der Waals surface area contributed by atoms with E-state index in [9.17, 15) is 18.0 Å². The predicted molar refractivity (Wildman–Crippen MR) is 113 cm³/mol. The third-order valence-corrected chi connectivity index (χ3v) is 7.01. The van der Waals surface area contributed by atoms with Crippen LogP contribution >= 0.6 is 11.3 Å². The number of thiazole rings is 1. The average molecular weight is 430 g/mol. The Kier molecular flexibility index (Phi) is 5.92. The van der Waals surface area contributed by atoms with Gasteiger partial charge in [-0.1, -0.05) is 41.7 Å². The predicted octanol–water partition coefficient (Wildman–Crippen LogP) is 3.52. The maximum atomic E-state index is 12.5. The molecule has 0 saturated carbocycles. The Morgan fingerprint density at radius 2 is 1.62 bits per heavy atom. The number of nitrogens with one attached hydrogen (secondary N) is 1. The van der Waals surface area contributed by atoms with Gasteiger partial charge in [0.1, 0.15) is 0 Å². The Labute approximate surface area is 173 Å². The Bertz CT molecular complexity index is 1150. The lowest BCUT2D eigenvalue weighted by atomic mass is 10.1. The number of ketones is 1. The van der Waals surface area contributed by atoms with Gasteiger partial charge >= 0.3 is 0 Å². The number of sulfonamides is 1. The topological polar surface area (TPSA) is 96.4 Å². The number of benzene rings is 2. The number of rotatable bonds is 6. The molecule has 0 radical (unpaired) electrons. The summed E-state index contributed by atoms with van der Waals surface area (Å²) in [6.07, 6.45) is 0. The molecule has 0 fully saturated rings. The summed E-state index contributed by atoms with van der Waals surface area (Å²) in [6, 6.07) is 14.9. The van der Waals surface area contributed by atoms with Crippen molar-refractivity contribution in [1.29, 1.82) is 0 Å². The fourth-order valence-corrected chi connectivity index (χ4v) is 4.34. The van der Waals surface area contributed by atoms with Crippen LogP contribution in [0.1, 0.15) is 27.0 Å². The van der Waals surface area contributed by atoms with Crippen molar-refractivity contribution >= 4 is 38.2 Å². The number of anilines is 1. The molecule has 1 N–H and O–H groups in total. The molecule has 0 spiro atoms. The van der Waals surface area contributed by atoms with Crippen LogP contribution in [0.3, 0.4) is 0 Å². The van der Waals surface area contributed by atoms with E-state index >= 15 is 0 Å². The standard InChI is InChI=1S/C20H19N3O4S2/c1-13(24)18-17(14-7-5-4-6-8-14)21-20(28-18)22-19(25)15-9-11-16(12-10-15)29(26,27)23(2)3/h4-12H,1-3H3,(H,21,22,25). The molecule has 7 nitrogen and oxygen atoms in total. The van der Waals surface area contributed by atoms with E-state index in [1.165, 1.54) is 45.3 Å². The van der Waals surface area contributed by atoms with E-state index in [-0.39, 0.29) is 16.2 Å². The lowest BCUT2D eigenvalue weighted by Gasteiger charge is -2.11. The van der Waals surface area contributed by atoms with Crippen molar-refractivity contribution in [2.75, 3.05) is 19.4 Å². The third-order valence-electron chi connectivity index (χ3n) is 4.11. The van der Waals surface area contributed by atoms with Gasteiger partial charge in [0.25, 0.3) is 5.91 Å². The van der Waals surface area contributed by atoms with E-state index in [4.69, 9.17) is 0 Å². The highest BCUT2D eigenvalue weighted by Gasteiger charge is 2.20. The van der Waals surface area contributed by atoms with Gasteiger partial charge < -0.3 is 0 Å². The number of aromatic nitrogens is 1. The summed E-state index contributed by atoms with van der Waals surface area (Å²) in [4.78, 5) is 29.5. The van der Waals surface area contributed by atoms with Gasteiger partial charge in [-0.25, -0.2) is 17.7 Å². The number of Topliss-reactive ketones (excluding diaryl/α,β-unsaturated/α-hetero) is 1. The molecule has 2 aromatic carbocycles. The van der Waals surface area contributed by atoms with Gasteiger partial charge in [-0.3, -0.25) is 14.9 Å². The van der Waals surface area contributed by atoms with Gasteiger partial charge in [-0.15, -0.1) is 0 Å². The number of nitrogens with zero attached hydrogens (tertiary/aromatic N) is 2. The zero-order valence-electron chi connectivity index (χ0n) is 16.0. The second kappa shape index (κ2) is 8.24. The summed E-state index contributed by atoms with van der Waals surface area (Å²) in [6.45, 7) is 1.45. The van der Waals surface area contributed by atoms with Crippen LogP contribution in [0.5, 0.6) is 0 Å². The van der Waals surface area contributed by atoms with Crippen LogP contribution in [-0.4, -0.2) is 43.5 Å². The van der Waals surface area contributed by atoms with Crippen molar-refractivity contribution in [3.8, 4) is 11.3 Å². The summed E-state index contributed by atoms with van der Waals surface area (Å²) in [5.74, 6) is -0.581. The van der Waals surface area contributed by atoms with E-state index in [1.54, 1.807) is 0 Å². The molecule has 0 bridgehead atoms. The van der Waals surface area contributed by atoms with Crippen molar-refractivity contribution < 1.29 is 18.0 Å². The number of amides is 1. The minimum absolute atomic E-state index is 0.0959. The van der Waals surface area contributed by atoms with E-state index in [0.717, 1.165) is 21.2 Å². The molecule has 9 heteroatoms. The Hall–Kier alpha value is -2.88. The second-order valence-electron chi connectivity index (χ2n) is 6.38.